The van der Waals surface area contributed by atoms with Gasteiger partial charge >= 0.3 is 0 Å². The van der Waals surface area contributed by atoms with Crippen LogP contribution in [0.25, 0.3) is 0 Å². The first-order chi connectivity index (χ1) is 6.41. The quantitative estimate of drug-likeness (QED) is 0.770. The Kier molecular flexibility index (Phi) is 3.84. The van der Waals surface area contributed by atoms with E-state index in [-0.39, 0.29) is 5.91 Å². The van der Waals surface area contributed by atoms with Crippen molar-refractivity contribution in [2.75, 3.05) is 18.8 Å². The highest BCUT2D eigenvalue weighted by molar-refractivity contribution is 8.00. The van der Waals surface area contributed by atoms with Crippen LogP contribution in [0.5, 0.6) is 0 Å². The van der Waals surface area contributed by atoms with E-state index in [9.17, 15) is 9.90 Å². The van der Waals surface area contributed by atoms with Crippen molar-refractivity contribution in [2.24, 2.45) is 0 Å². The van der Waals surface area contributed by atoms with E-state index in [4.69, 9.17) is 0 Å². The number of likely N-dealkylation sites (tertiary alicyclic amines) is 1. The molecule has 1 atom stereocenters. The average Bonchev–Trinajstić information content (AvgIpc) is 2.41. The van der Waals surface area contributed by atoms with Gasteiger partial charge in [-0.15, -0.1) is 11.8 Å². The number of thioether (sulfide) groups is 1. The van der Waals surface area contributed by atoms with Crippen LogP contribution >= 0.6 is 11.8 Å². The Labute approximate surface area is 89.9 Å². The molecule has 0 aliphatic carbocycles. The summed E-state index contributed by atoms with van der Waals surface area (Å²) in [5.41, 5.74) is -0.668. The summed E-state index contributed by atoms with van der Waals surface area (Å²) in [6, 6.07) is 0. The van der Waals surface area contributed by atoms with Crippen molar-refractivity contribution >= 4 is 17.7 Å². The summed E-state index contributed by atoms with van der Waals surface area (Å²) < 4.78 is 0. The molecule has 0 aromatic rings. The lowest BCUT2D eigenvalue weighted by Crippen LogP contribution is -2.35. The summed E-state index contributed by atoms with van der Waals surface area (Å²) in [4.78, 5) is 13.4. The third kappa shape index (κ3) is 3.50. The lowest BCUT2D eigenvalue weighted by atomic mass is 10.1. The highest BCUT2D eigenvalue weighted by Crippen LogP contribution is 2.21. The van der Waals surface area contributed by atoms with Crippen molar-refractivity contribution in [3.63, 3.8) is 0 Å². The van der Waals surface area contributed by atoms with Gasteiger partial charge in [0.2, 0.25) is 5.91 Å². The smallest absolute Gasteiger partial charge is 0.232 e. The fourth-order valence-electron chi connectivity index (χ4n) is 1.49. The minimum atomic E-state index is -0.668. The van der Waals surface area contributed by atoms with Gasteiger partial charge in [0.05, 0.1) is 11.4 Å². The molecule has 0 aromatic heterocycles. The van der Waals surface area contributed by atoms with Gasteiger partial charge in [-0.3, -0.25) is 4.79 Å². The van der Waals surface area contributed by atoms with E-state index in [1.165, 1.54) is 0 Å². The minimum absolute atomic E-state index is 0.154. The highest BCUT2D eigenvalue weighted by Gasteiger charge is 2.33. The molecule has 1 rings (SSSR count). The Morgan fingerprint density at radius 1 is 1.64 bits per heavy atom. The van der Waals surface area contributed by atoms with Gasteiger partial charge in [0.1, 0.15) is 0 Å². The standard InChI is InChI=1S/C10H19NO2S/c1-8(2)14-6-9(12)11-5-4-10(3,13)7-11/h8,13H,4-7H2,1-3H3. The van der Waals surface area contributed by atoms with Crippen molar-refractivity contribution < 1.29 is 9.90 Å². The van der Waals surface area contributed by atoms with Gasteiger partial charge in [-0.1, -0.05) is 13.8 Å². The van der Waals surface area contributed by atoms with Crippen LogP contribution in [0.15, 0.2) is 0 Å². The monoisotopic (exact) mass is 217 g/mol. The number of carbonyl (C=O) groups excluding carboxylic acids is 1. The molecule has 0 aromatic carbocycles. The maximum absolute atomic E-state index is 11.6. The van der Waals surface area contributed by atoms with Crippen molar-refractivity contribution in [1.82, 2.24) is 4.90 Å². The number of hydrogen-bond donors (Lipinski definition) is 1. The SMILES string of the molecule is CC(C)SCC(=O)N1CCC(C)(O)C1. The first-order valence-electron chi connectivity index (χ1n) is 5.02. The lowest BCUT2D eigenvalue weighted by Gasteiger charge is -2.19. The molecule has 1 heterocycles. The largest absolute Gasteiger partial charge is 0.388 e. The molecule has 1 aliphatic heterocycles. The van der Waals surface area contributed by atoms with Crippen LogP contribution in [-0.2, 0) is 4.79 Å². The van der Waals surface area contributed by atoms with Crippen LogP contribution in [0, 0.1) is 0 Å². The molecule has 0 spiro atoms. The van der Waals surface area contributed by atoms with E-state index in [0.717, 1.165) is 0 Å². The van der Waals surface area contributed by atoms with E-state index >= 15 is 0 Å². The Morgan fingerprint density at radius 2 is 2.29 bits per heavy atom. The highest BCUT2D eigenvalue weighted by atomic mass is 32.2. The molecule has 82 valence electrons. The van der Waals surface area contributed by atoms with Crippen LogP contribution in [0.1, 0.15) is 27.2 Å². The zero-order valence-corrected chi connectivity index (χ0v) is 9.93. The molecular weight excluding hydrogens is 198 g/mol. The number of rotatable bonds is 3. The van der Waals surface area contributed by atoms with Crippen LogP contribution in [0.4, 0.5) is 0 Å². The molecule has 1 fully saturated rings. The number of carbonyl (C=O) groups is 1. The van der Waals surface area contributed by atoms with Crippen LogP contribution in [0.3, 0.4) is 0 Å². The van der Waals surface area contributed by atoms with E-state index < -0.39 is 5.60 Å². The van der Waals surface area contributed by atoms with E-state index in [2.05, 4.69) is 13.8 Å². The maximum Gasteiger partial charge on any atom is 0.232 e. The average molecular weight is 217 g/mol. The predicted molar refractivity (Wildman–Crippen MR) is 59.4 cm³/mol. The fourth-order valence-corrected chi connectivity index (χ4v) is 2.15. The summed E-state index contributed by atoms with van der Waals surface area (Å²) in [6.07, 6.45) is 0.699. The molecule has 1 saturated heterocycles. The molecule has 0 radical (unpaired) electrons. The third-order valence-electron chi connectivity index (χ3n) is 2.34. The maximum atomic E-state index is 11.6. The molecule has 3 nitrogen and oxygen atoms in total. The molecule has 0 saturated carbocycles. The second-order valence-corrected chi connectivity index (χ2v) is 5.99. The summed E-state index contributed by atoms with van der Waals surface area (Å²) in [5.74, 6) is 0.690. The molecule has 1 N–H and O–H groups in total. The summed E-state index contributed by atoms with van der Waals surface area (Å²) in [7, 11) is 0. The predicted octanol–water partition coefficient (Wildman–Crippen LogP) is 1.11. The molecular formula is C10H19NO2S. The van der Waals surface area contributed by atoms with Crippen LogP contribution in [-0.4, -0.2) is 45.6 Å². The number of β-amino-alcohol motifs (C(OH)–C–C–N with tert-alkyl or cyclic N) is 1. The zero-order chi connectivity index (χ0) is 10.8. The van der Waals surface area contributed by atoms with Gasteiger partial charge in [-0.2, -0.15) is 0 Å². The molecule has 14 heavy (non-hydrogen) atoms. The van der Waals surface area contributed by atoms with Gasteiger partial charge in [-0.05, 0) is 18.6 Å². The molecule has 4 heteroatoms. The zero-order valence-electron chi connectivity index (χ0n) is 9.12. The Balaban J connectivity index is 2.33. The Bertz CT molecular complexity index is 216. The second kappa shape index (κ2) is 4.53. The molecule has 1 amide bonds. The number of nitrogens with zero attached hydrogens (tertiary/aromatic N) is 1. The van der Waals surface area contributed by atoms with E-state index in [0.29, 0.717) is 30.5 Å². The van der Waals surface area contributed by atoms with Gasteiger partial charge in [0.15, 0.2) is 0 Å². The normalized spacial score (nSPS) is 27.4. The van der Waals surface area contributed by atoms with Crippen molar-refractivity contribution in [2.45, 2.75) is 38.0 Å². The van der Waals surface area contributed by atoms with Gasteiger partial charge in [0, 0.05) is 13.1 Å². The fraction of sp³-hybridized carbons (Fsp3) is 0.900. The molecule has 0 bridgehead atoms. The topological polar surface area (TPSA) is 40.5 Å². The number of amides is 1. The summed E-state index contributed by atoms with van der Waals surface area (Å²) >= 11 is 1.65. The third-order valence-corrected chi connectivity index (χ3v) is 3.42. The number of hydrogen-bond acceptors (Lipinski definition) is 3. The van der Waals surface area contributed by atoms with Gasteiger partial charge in [0.25, 0.3) is 0 Å². The lowest BCUT2D eigenvalue weighted by molar-refractivity contribution is -0.128. The van der Waals surface area contributed by atoms with Crippen molar-refractivity contribution in [1.29, 1.82) is 0 Å². The molecule has 1 unspecified atom stereocenters. The van der Waals surface area contributed by atoms with Gasteiger partial charge in [-0.25, -0.2) is 0 Å². The summed E-state index contributed by atoms with van der Waals surface area (Å²) in [6.45, 7) is 7.14. The summed E-state index contributed by atoms with van der Waals surface area (Å²) in [5, 5.41) is 10.2. The Hall–Kier alpha value is -0.220. The van der Waals surface area contributed by atoms with Crippen LogP contribution < -0.4 is 0 Å². The van der Waals surface area contributed by atoms with E-state index in [1.807, 2.05) is 0 Å². The second-order valence-electron chi connectivity index (χ2n) is 4.42. The van der Waals surface area contributed by atoms with Crippen LogP contribution in [0.2, 0.25) is 0 Å². The Morgan fingerprint density at radius 3 is 2.71 bits per heavy atom. The number of aliphatic hydroxyl groups is 1. The first-order valence-corrected chi connectivity index (χ1v) is 6.07. The molecule has 1 aliphatic rings. The van der Waals surface area contributed by atoms with Crippen molar-refractivity contribution in [3.8, 4) is 0 Å². The van der Waals surface area contributed by atoms with Crippen molar-refractivity contribution in [3.05, 3.63) is 0 Å². The van der Waals surface area contributed by atoms with E-state index in [1.54, 1.807) is 23.6 Å². The first kappa shape index (κ1) is 11.9. The minimum Gasteiger partial charge on any atom is -0.388 e. The van der Waals surface area contributed by atoms with Gasteiger partial charge < -0.3 is 10.0 Å².